The first-order chi connectivity index (χ1) is 11.7. The lowest BCUT2D eigenvalue weighted by molar-refractivity contribution is -0.115. The highest BCUT2D eigenvalue weighted by atomic mass is 32.1. The predicted octanol–water partition coefficient (Wildman–Crippen LogP) is 3.19. The SMILES string of the molecule is Cc1ccc(CO)cc1NC(=O)Cc1csc(-c2cccnc2)n1. The van der Waals surface area contributed by atoms with Crippen LogP contribution in [0.4, 0.5) is 5.69 Å². The number of hydrogen-bond donors (Lipinski definition) is 2. The Morgan fingerprint density at radius 2 is 2.21 bits per heavy atom. The number of nitrogens with zero attached hydrogens (tertiary/aromatic N) is 2. The summed E-state index contributed by atoms with van der Waals surface area (Å²) in [6.45, 7) is 1.86. The van der Waals surface area contributed by atoms with Crippen LogP contribution in [0.1, 0.15) is 16.8 Å². The number of pyridine rings is 1. The Morgan fingerprint density at radius 3 is 2.96 bits per heavy atom. The van der Waals surface area contributed by atoms with E-state index in [1.165, 1.54) is 11.3 Å². The molecule has 0 atom stereocenters. The Morgan fingerprint density at radius 1 is 1.33 bits per heavy atom. The minimum Gasteiger partial charge on any atom is -0.392 e. The van der Waals surface area contributed by atoms with Gasteiger partial charge in [0.1, 0.15) is 5.01 Å². The highest BCUT2D eigenvalue weighted by Crippen LogP contribution is 2.23. The lowest BCUT2D eigenvalue weighted by Crippen LogP contribution is -2.15. The molecule has 24 heavy (non-hydrogen) atoms. The van der Waals surface area contributed by atoms with Gasteiger partial charge in [-0.15, -0.1) is 11.3 Å². The van der Waals surface area contributed by atoms with Gasteiger partial charge < -0.3 is 10.4 Å². The summed E-state index contributed by atoms with van der Waals surface area (Å²) in [5.41, 5.74) is 4.11. The van der Waals surface area contributed by atoms with E-state index < -0.39 is 0 Å². The predicted molar refractivity (Wildman–Crippen MR) is 94.8 cm³/mol. The van der Waals surface area contributed by atoms with E-state index in [1.54, 1.807) is 18.5 Å². The summed E-state index contributed by atoms with van der Waals surface area (Å²) in [6.07, 6.45) is 3.68. The van der Waals surface area contributed by atoms with Crippen molar-refractivity contribution in [2.75, 3.05) is 5.32 Å². The molecule has 5 nitrogen and oxygen atoms in total. The number of carbonyl (C=O) groups is 1. The second kappa shape index (κ2) is 7.33. The molecule has 0 aliphatic carbocycles. The summed E-state index contributed by atoms with van der Waals surface area (Å²) < 4.78 is 0. The smallest absolute Gasteiger partial charge is 0.230 e. The molecular formula is C18H17N3O2S. The van der Waals surface area contributed by atoms with Gasteiger partial charge in [0.15, 0.2) is 0 Å². The number of aliphatic hydroxyl groups is 1. The normalized spacial score (nSPS) is 10.6. The second-order valence-corrected chi connectivity index (χ2v) is 6.28. The molecule has 0 aliphatic rings. The standard InChI is InChI=1S/C18H17N3O2S/c1-12-4-5-13(10-22)7-16(12)21-17(23)8-15-11-24-18(20-15)14-3-2-6-19-9-14/h2-7,9,11,22H,8,10H2,1H3,(H,21,23). The van der Waals surface area contributed by atoms with E-state index in [2.05, 4.69) is 15.3 Å². The number of thiazole rings is 1. The average molecular weight is 339 g/mol. The summed E-state index contributed by atoms with van der Waals surface area (Å²) in [6, 6.07) is 9.31. The van der Waals surface area contributed by atoms with Crippen LogP contribution in [0.5, 0.6) is 0 Å². The van der Waals surface area contributed by atoms with Crippen LogP contribution in [-0.2, 0) is 17.8 Å². The molecule has 0 spiro atoms. The highest BCUT2D eigenvalue weighted by Gasteiger charge is 2.11. The first kappa shape index (κ1) is 16.3. The number of hydrogen-bond acceptors (Lipinski definition) is 5. The molecule has 3 rings (SSSR count). The molecule has 0 aliphatic heterocycles. The molecule has 0 unspecified atom stereocenters. The molecule has 0 fully saturated rings. The number of carbonyl (C=O) groups excluding carboxylic acids is 1. The van der Waals surface area contributed by atoms with E-state index in [1.807, 2.05) is 36.6 Å². The molecular weight excluding hydrogens is 322 g/mol. The van der Waals surface area contributed by atoms with Crippen molar-refractivity contribution >= 4 is 22.9 Å². The summed E-state index contributed by atoms with van der Waals surface area (Å²) in [5, 5.41) is 14.8. The molecule has 6 heteroatoms. The van der Waals surface area contributed by atoms with Crippen LogP contribution in [0.25, 0.3) is 10.6 Å². The zero-order valence-electron chi connectivity index (χ0n) is 13.2. The summed E-state index contributed by atoms with van der Waals surface area (Å²) in [5.74, 6) is -0.128. The molecule has 122 valence electrons. The maximum atomic E-state index is 12.3. The van der Waals surface area contributed by atoms with Gasteiger partial charge >= 0.3 is 0 Å². The van der Waals surface area contributed by atoms with Crippen molar-refractivity contribution < 1.29 is 9.90 Å². The van der Waals surface area contributed by atoms with E-state index >= 15 is 0 Å². The van der Waals surface area contributed by atoms with E-state index in [9.17, 15) is 9.90 Å². The first-order valence-electron chi connectivity index (χ1n) is 7.51. The Balaban J connectivity index is 1.69. The zero-order valence-corrected chi connectivity index (χ0v) is 14.0. The Labute approximate surface area is 144 Å². The van der Waals surface area contributed by atoms with Gasteiger partial charge in [-0.25, -0.2) is 4.98 Å². The number of anilines is 1. The van der Waals surface area contributed by atoms with Crippen molar-refractivity contribution in [2.24, 2.45) is 0 Å². The number of benzene rings is 1. The van der Waals surface area contributed by atoms with Gasteiger partial charge in [0.05, 0.1) is 18.7 Å². The fourth-order valence-electron chi connectivity index (χ4n) is 2.27. The topological polar surface area (TPSA) is 75.1 Å². The third-order valence-electron chi connectivity index (χ3n) is 3.56. The molecule has 3 aromatic rings. The molecule has 0 saturated heterocycles. The van der Waals surface area contributed by atoms with Gasteiger partial charge in [-0.2, -0.15) is 0 Å². The zero-order chi connectivity index (χ0) is 16.9. The summed E-state index contributed by atoms with van der Waals surface area (Å²) >= 11 is 1.50. The van der Waals surface area contributed by atoms with Crippen molar-refractivity contribution in [2.45, 2.75) is 20.0 Å². The number of rotatable bonds is 5. The first-order valence-corrected chi connectivity index (χ1v) is 8.38. The van der Waals surface area contributed by atoms with Crippen LogP contribution in [0.15, 0.2) is 48.1 Å². The minimum absolute atomic E-state index is 0.0519. The van der Waals surface area contributed by atoms with E-state index in [0.717, 1.165) is 27.4 Å². The summed E-state index contributed by atoms with van der Waals surface area (Å²) in [7, 11) is 0. The fraction of sp³-hybridized carbons (Fsp3) is 0.167. The van der Waals surface area contributed by atoms with Gasteiger partial charge in [-0.3, -0.25) is 9.78 Å². The number of nitrogens with one attached hydrogen (secondary N) is 1. The van der Waals surface area contributed by atoms with Crippen molar-refractivity contribution in [1.82, 2.24) is 9.97 Å². The van der Waals surface area contributed by atoms with Crippen LogP contribution in [0.2, 0.25) is 0 Å². The van der Waals surface area contributed by atoms with Crippen LogP contribution in [-0.4, -0.2) is 21.0 Å². The fourth-order valence-corrected chi connectivity index (χ4v) is 3.08. The van der Waals surface area contributed by atoms with Crippen molar-refractivity contribution in [3.8, 4) is 10.6 Å². The Bertz CT molecular complexity index is 846. The lowest BCUT2D eigenvalue weighted by atomic mass is 10.1. The van der Waals surface area contributed by atoms with Crippen molar-refractivity contribution in [1.29, 1.82) is 0 Å². The van der Waals surface area contributed by atoms with Gasteiger partial charge in [0, 0.05) is 29.0 Å². The summed E-state index contributed by atoms with van der Waals surface area (Å²) in [4.78, 5) is 20.8. The molecule has 2 heterocycles. The minimum atomic E-state index is -0.128. The number of amides is 1. The van der Waals surface area contributed by atoms with Gasteiger partial charge in [0.25, 0.3) is 0 Å². The third kappa shape index (κ3) is 3.84. The van der Waals surface area contributed by atoms with E-state index in [4.69, 9.17) is 0 Å². The third-order valence-corrected chi connectivity index (χ3v) is 4.50. The van der Waals surface area contributed by atoms with E-state index in [-0.39, 0.29) is 18.9 Å². The largest absolute Gasteiger partial charge is 0.392 e. The van der Waals surface area contributed by atoms with Gasteiger partial charge in [-0.05, 0) is 36.2 Å². The number of aliphatic hydroxyl groups excluding tert-OH is 1. The van der Waals surface area contributed by atoms with Crippen LogP contribution in [0.3, 0.4) is 0 Å². The average Bonchev–Trinajstić information content (AvgIpc) is 3.06. The molecule has 1 aromatic carbocycles. The number of aromatic nitrogens is 2. The highest BCUT2D eigenvalue weighted by molar-refractivity contribution is 7.13. The van der Waals surface area contributed by atoms with E-state index in [0.29, 0.717) is 5.69 Å². The van der Waals surface area contributed by atoms with Gasteiger partial charge in [0.2, 0.25) is 5.91 Å². The Hall–Kier alpha value is -2.57. The quantitative estimate of drug-likeness (QED) is 0.748. The van der Waals surface area contributed by atoms with Crippen LogP contribution < -0.4 is 5.32 Å². The van der Waals surface area contributed by atoms with Gasteiger partial charge in [-0.1, -0.05) is 12.1 Å². The molecule has 0 bridgehead atoms. The maximum absolute atomic E-state index is 12.3. The second-order valence-electron chi connectivity index (χ2n) is 5.42. The van der Waals surface area contributed by atoms with Crippen molar-refractivity contribution in [3.05, 3.63) is 64.9 Å². The lowest BCUT2D eigenvalue weighted by Gasteiger charge is -2.09. The monoisotopic (exact) mass is 339 g/mol. The number of aryl methyl sites for hydroxylation is 1. The molecule has 2 N–H and O–H groups in total. The van der Waals surface area contributed by atoms with Crippen LogP contribution in [0, 0.1) is 6.92 Å². The molecule has 2 aromatic heterocycles. The van der Waals surface area contributed by atoms with Crippen molar-refractivity contribution in [3.63, 3.8) is 0 Å². The Kier molecular flexibility index (Phi) is 4.98. The molecule has 1 amide bonds. The maximum Gasteiger partial charge on any atom is 0.230 e. The molecule has 0 saturated carbocycles. The van der Waals surface area contributed by atoms with Crippen LogP contribution >= 0.6 is 11.3 Å². The molecule has 0 radical (unpaired) electrons.